The molecule has 1 aliphatic rings. The van der Waals surface area contributed by atoms with Crippen molar-refractivity contribution < 1.29 is 19.4 Å². The summed E-state index contributed by atoms with van der Waals surface area (Å²) in [6, 6.07) is 8.11. The summed E-state index contributed by atoms with van der Waals surface area (Å²) >= 11 is 1.54. The number of hydrogen-bond acceptors (Lipinski definition) is 5. The van der Waals surface area contributed by atoms with Crippen LogP contribution in [-0.2, 0) is 21.3 Å². The molecule has 1 aromatic carbocycles. The molecule has 1 aromatic heterocycles. The van der Waals surface area contributed by atoms with Crippen LogP contribution in [0.1, 0.15) is 6.42 Å². The molecule has 2 atom stereocenters. The number of aryl methyl sites for hydroxylation is 1. The Hall–Kier alpha value is -1.54. The van der Waals surface area contributed by atoms with Gasteiger partial charge in [-0.05, 0) is 12.5 Å². The van der Waals surface area contributed by atoms with E-state index >= 15 is 0 Å². The second-order valence-corrected chi connectivity index (χ2v) is 7.10. The summed E-state index contributed by atoms with van der Waals surface area (Å²) in [5.74, 6) is 0.348. The summed E-state index contributed by atoms with van der Waals surface area (Å²) in [4.78, 5) is 13.5. The number of fused-ring (bicyclic) bond motifs is 1. The van der Waals surface area contributed by atoms with Crippen molar-refractivity contribution in [1.29, 1.82) is 0 Å². The van der Waals surface area contributed by atoms with Crippen LogP contribution < -0.4 is 5.32 Å². The van der Waals surface area contributed by atoms with Gasteiger partial charge in [-0.2, -0.15) is 0 Å². The largest absolute Gasteiger partial charge is 0.394 e. The molecule has 2 aromatic rings. The minimum atomic E-state index is -0.201. The van der Waals surface area contributed by atoms with E-state index in [9.17, 15) is 4.79 Å². The lowest BCUT2D eigenvalue weighted by Crippen LogP contribution is -2.50. The third-order valence-electron chi connectivity index (χ3n) is 4.29. The Balaban J connectivity index is 1.56. The molecule has 3 rings (SSSR count). The average molecular weight is 364 g/mol. The average Bonchev–Trinajstić information content (AvgIpc) is 2.96. The summed E-state index contributed by atoms with van der Waals surface area (Å²) in [5.41, 5.74) is 1.16. The predicted octanol–water partition coefficient (Wildman–Crippen LogP) is 1.55. The molecular formula is C18H24N2O4S. The quantitative estimate of drug-likeness (QED) is 0.730. The van der Waals surface area contributed by atoms with Gasteiger partial charge >= 0.3 is 0 Å². The predicted molar refractivity (Wildman–Crippen MR) is 97.8 cm³/mol. The fraction of sp³-hybridized carbons (Fsp3) is 0.500. The van der Waals surface area contributed by atoms with Gasteiger partial charge in [0.2, 0.25) is 5.91 Å². The number of hydrogen-bond donors (Lipinski definition) is 2. The molecule has 25 heavy (non-hydrogen) atoms. The van der Waals surface area contributed by atoms with Crippen LogP contribution >= 0.6 is 11.8 Å². The van der Waals surface area contributed by atoms with Crippen LogP contribution in [-0.4, -0.2) is 59.9 Å². The third kappa shape index (κ3) is 4.55. The zero-order chi connectivity index (χ0) is 17.6. The second kappa shape index (κ2) is 8.71. The molecule has 0 radical (unpaired) electrons. The lowest BCUT2D eigenvalue weighted by molar-refractivity contribution is -0.124. The van der Waals surface area contributed by atoms with Crippen molar-refractivity contribution >= 4 is 28.6 Å². The van der Waals surface area contributed by atoms with E-state index < -0.39 is 0 Å². The van der Waals surface area contributed by atoms with Gasteiger partial charge in [0.25, 0.3) is 0 Å². The van der Waals surface area contributed by atoms with E-state index in [1.165, 1.54) is 0 Å². The Labute approximate surface area is 151 Å². The van der Waals surface area contributed by atoms with E-state index in [2.05, 4.69) is 28.2 Å². The fourth-order valence-electron chi connectivity index (χ4n) is 3.06. The topological polar surface area (TPSA) is 72.7 Å². The van der Waals surface area contributed by atoms with Crippen LogP contribution in [0.3, 0.4) is 0 Å². The Morgan fingerprint density at radius 2 is 2.32 bits per heavy atom. The maximum atomic E-state index is 12.4. The Morgan fingerprint density at radius 1 is 1.48 bits per heavy atom. The van der Waals surface area contributed by atoms with E-state index in [0.29, 0.717) is 19.0 Å². The highest BCUT2D eigenvalue weighted by molar-refractivity contribution is 8.00. The molecule has 0 bridgehead atoms. The number of benzene rings is 1. The zero-order valence-corrected chi connectivity index (χ0v) is 15.1. The number of nitrogens with one attached hydrogen (secondary N) is 1. The number of aliphatic hydroxyl groups excluding tert-OH is 1. The number of aliphatic hydroxyl groups is 1. The number of nitrogens with zero attached hydrogens (tertiary/aromatic N) is 1. The lowest BCUT2D eigenvalue weighted by Gasteiger charge is -2.31. The number of thioether (sulfide) groups is 1. The van der Waals surface area contributed by atoms with Crippen molar-refractivity contribution in [3.05, 3.63) is 30.5 Å². The van der Waals surface area contributed by atoms with E-state index in [-0.39, 0.29) is 31.3 Å². The highest BCUT2D eigenvalue weighted by Crippen LogP contribution is 2.29. The lowest BCUT2D eigenvalue weighted by atomic mass is 10.1. The number of aromatic nitrogens is 1. The van der Waals surface area contributed by atoms with Crippen LogP contribution in [0.5, 0.6) is 0 Å². The van der Waals surface area contributed by atoms with Crippen molar-refractivity contribution in [3.8, 4) is 0 Å². The van der Waals surface area contributed by atoms with E-state index in [4.69, 9.17) is 14.6 Å². The van der Waals surface area contributed by atoms with Crippen molar-refractivity contribution in [2.75, 3.05) is 32.2 Å². The van der Waals surface area contributed by atoms with Crippen LogP contribution in [0, 0.1) is 0 Å². The number of ether oxygens (including phenoxy) is 2. The van der Waals surface area contributed by atoms with Crippen LogP contribution in [0.4, 0.5) is 0 Å². The van der Waals surface area contributed by atoms with Crippen LogP contribution in [0.15, 0.2) is 35.4 Å². The first-order valence-electron chi connectivity index (χ1n) is 8.45. The molecular weight excluding hydrogens is 340 g/mol. The summed E-state index contributed by atoms with van der Waals surface area (Å²) in [7, 11) is 2.01. The Kier molecular flexibility index (Phi) is 6.36. The molecule has 0 unspecified atom stereocenters. The van der Waals surface area contributed by atoms with Gasteiger partial charge in [0.1, 0.15) is 6.10 Å². The Bertz CT molecular complexity index is 718. The number of carbonyl (C=O) groups is 1. The van der Waals surface area contributed by atoms with E-state index in [1.807, 2.05) is 19.2 Å². The molecule has 0 saturated carbocycles. The summed E-state index contributed by atoms with van der Waals surface area (Å²) < 4.78 is 13.1. The van der Waals surface area contributed by atoms with Crippen LogP contribution in [0.2, 0.25) is 0 Å². The number of carbonyl (C=O) groups excluding carboxylic acids is 1. The van der Waals surface area contributed by atoms with Crippen LogP contribution in [0.25, 0.3) is 10.9 Å². The SMILES string of the molecule is Cn1cc(SCC(=O)N[C@@H]2CCOC[C@H]2OCCO)c2ccccc21. The second-order valence-electron chi connectivity index (χ2n) is 6.08. The highest BCUT2D eigenvalue weighted by Gasteiger charge is 2.27. The van der Waals surface area contributed by atoms with Gasteiger partial charge in [0.05, 0.1) is 31.6 Å². The molecule has 7 heteroatoms. The van der Waals surface area contributed by atoms with Crippen molar-refractivity contribution in [2.45, 2.75) is 23.5 Å². The van der Waals surface area contributed by atoms with Gasteiger partial charge in [-0.3, -0.25) is 4.79 Å². The first-order chi connectivity index (χ1) is 12.2. The smallest absolute Gasteiger partial charge is 0.230 e. The molecule has 2 heterocycles. The van der Waals surface area contributed by atoms with E-state index in [1.54, 1.807) is 11.8 Å². The molecule has 0 aliphatic carbocycles. The highest BCUT2D eigenvalue weighted by atomic mass is 32.2. The van der Waals surface area contributed by atoms with Crippen molar-refractivity contribution in [1.82, 2.24) is 9.88 Å². The van der Waals surface area contributed by atoms with Gasteiger partial charge in [0.15, 0.2) is 0 Å². The monoisotopic (exact) mass is 364 g/mol. The van der Waals surface area contributed by atoms with Gasteiger partial charge in [-0.1, -0.05) is 18.2 Å². The number of amides is 1. The fourth-order valence-corrected chi connectivity index (χ4v) is 3.99. The first kappa shape index (κ1) is 18.3. The maximum Gasteiger partial charge on any atom is 0.230 e. The van der Waals surface area contributed by atoms with Gasteiger partial charge < -0.3 is 24.5 Å². The van der Waals surface area contributed by atoms with Gasteiger partial charge in [-0.25, -0.2) is 0 Å². The molecule has 136 valence electrons. The number of para-hydroxylation sites is 1. The molecule has 1 amide bonds. The zero-order valence-electron chi connectivity index (χ0n) is 14.3. The van der Waals surface area contributed by atoms with E-state index in [0.717, 1.165) is 22.2 Å². The molecule has 2 N–H and O–H groups in total. The van der Waals surface area contributed by atoms with Crippen molar-refractivity contribution in [2.24, 2.45) is 7.05 Å². The summed E-state index contributed by atoms with van der Waals surface area (Å²) in [5, 5.41) is 13.1. The third-order valence-corrected chi connectivity index (χ3v) is 5.34. The van der Waals surface area contributed by atoms with Gasteiger partial charge in [0, 0.05) is 35.6 Å². The molecule has 6 nitrogen and oxygen atoms in total. The van der Waals surface area contributed by atoms with Crippen molar-refractivity contribution in [3.63, 3.8) is 0 Å². The molecule has 1 saturated heterocycles. The summed E-state index contributed by atoms with van der Waals surface area (Å²) in [6.07, 6.45) is 2.58. The maximum absolute atomic E-state index is 12.4. The van der Waals surface area contributed by atoms with Gasteiger partial charge in [-0.15, -0.1) is 11.8 Å². The minimum absolute atomic E-state index is 0.0116. The first-order valence-corrected chi connectivity index (χ1v) is 9.44. The Morgan fingerprint density at radius 3 is 3.16 bits per heavy atom. The summed E-state index contributed by atoms with van der Waals surface area (Å²) in [6.45, 7) is 1.28. The number of rotatable bonds is 7. The molecule has 1 fully saturated rings. The molecule has 0 spiro atoms. The minimum Gasteiger partial charge on any atom is -0.394 e. The standard InChI is InChI=1S/C18H24N2O4S/c1-20-10-17(13-4-2-3-5-15(13)20)25-12-18(22)19-14-6-8-23-11-16(14)24-9-7-21/h2-5,10,14,16,21H,6-9,11-12H2,1H3,(H,19,22)/t14-,16-/m1/s1. The molecule has 1 aliphatic heterocycles. The normalized spacial score (nSPS) is 20.7.